The van der Waals surface area contributed by atoms with Crippen molar-refractivity contribution >= 4 is 5.57 Å². The molecule has 0 N–H and O–H groups in total. The minimum absolute atomic E-state index is 0.152. The summed E-state index contributed by atoms with van der Waals surface area (Å²) in [4.78, 5) is 0. The quantitative estimate of drug-likeness (QED) is 0.570. The maximum Gasteiger partial charge on any atom is 0.0149 e. The van der Waals surface area contributed by atoms with Crippen LogP contribution in [-0.4, -0.2) is 0 Å². The number of fused-ring (bicyclic) bond motifs is 1. The molecule has 3 rings (SSSR count). The summed E-state index contributed by atoms with van der Waals surface area (Å²) in [7, 11) is 0. The molecular formula is C24H30. The lowest BCUT2D eigenvalue weighted by Gasteiger charge is -2.31. The van der Waals surface area contributed by atoms with Crippen LogP contribution in [0.3, 0.4) is 0 Å². The highest BCUT2D eigenvalue weighted by atomic mass is 14.4. The van der Waals surface area contributed by atoms with Crippen LogP contribution < -0.4 is 0 Å². The van der Waals surface area contributed by atoms with E-state index in [1.807, 2.05) is 0 Å². The van der Waals surface area contributed by atoms with Gasteiger partial charge in [-0.3, -0.25) is 0 Å². The molecule has 0 amide bonds. The first-order valence-electron chi connectivity index (χ1n) is 9.47. The first-order chi connectivity index (χ1) is 11.5. The van der Waals surface area contributed by atoms with E-state index < -0.39 is 0 Å². The first kappa shape index (κ1) is 17.0. The second-order valence-corrected chi connectivity index (χ2v) is 7.58. The lowest BCUT2D eigenvalue weighted by molar-refractivity contribution is 0.493. The van der Waals surface area contributed by atoms with Crippen LogP contribution in [0.1, 0.15) is 69.7 Å². The number of benzene rings is 2. The second-order valence-electron chi connectivity index (χ2n) is 7.58. The van der Waals surface area contributed by atoms with Crippen molar-refractivity contribution in [1.82, 2.24) is 0 Å². The van der Waals surface area contributed by atoms with Crippen LogP contribution in [0.4, 0.5) is 0 Å². The van der Waals surface area contributed by atoms with Gasteiger partial charge in [0.05, 0.1) is 0 Å². The summed E-state index contributed by atoms with van der Waals surface area (Å²) in [5, 5.41) is 0. The first-order valence-corrected chi connectivity index (χ1v) is 9.47. The third-order valence-corrected chi connectivity index (χ3v) is 5.75. The molecule has 1 aliphatic carbocycles. The minimum Gasteiger partial charge on any atom is -0.0651 e. The number of rotatable bonds is 5. The number of hydrogen-bond acceptors (Lipinski definition) is 0. The van der Waals surface area contributed by atoms with Gasteiger partial charge >= 0.3 is 0 Å². The summed E-state index contributed by atoms with van der Waals surface area (Å²) >= 11 is 0. The predicted octanol–water partition coefficient (Wildman–Crippen LogP) is 6.78. The molecule has 0 saturated carbocycles. The van der Waals surface area contributed by atoms with Crippen molar-refractivity contribution in [3.8, 4) is 0 Å². The molecule has 0 bridgehead atoms. The van der Waals surface area contributed by atoms with Crippen molar-refractivity contribution in [3.05, 3.63) is 76.4 Å². The molecule has 0 spiro atoms. The van der Waals surface area contributed by atoms with Crippen molar-refractivity contribution in [3.63, 3.8) is 0 Å². The Balaban J connectivity index is 2.34. The Bertz CT molecular complexity index is 763. The maximum atomic E-state index is 2.44. The average Bonchev–Trinajstić information content (AvgIpc) is 2.86. The molecule has 2 aromatic rings. The molecule has 0 heteroatoms. The van der Waals surface area contributed by atoms with Gasteiger partial charge in [-0.15, -0.1) is 0 Å². The average molecular weight is 319 g/mol. The van der Waals surface area contributed by atoms with E-state index in [4.69, 9.17) is 0 Å². The predicted molar refractivity (Wildman–Crippen MR) is 105 cm³/mol. The Labute approximate surface area is 147 Å². The van der Waals surface area contributed by atoms with Crippen molar-refractivity contribution in [1.29, 1.82) is 0 Å². The molecule has 1 atom stereocenters. The highest BCUT2D eigenvalue weighted by Gasteiger charge is 2.41. The molecular weight excluding hydrogens is 288 g/mol. The summed E-state index contributed by atoms with van der Waals surface area (Å²) in [6, 6.07) is 18.1. The van der Waals surface area contributed by atoms with Crippen molar-refractivity contribution in [2.75, 3.05) is 0 Å². The number of hydrogen-bond donors (Lipinski definition) is 0. The molecule has 1 unspecified atom stereocenters. The molecule has 1 aliphatic rings. The Morgan fingerprint density at radius 2 is 1.50 bits per heavy atom. The van der Waals surface area contributed by atoms with Gasteiger partial charge < -0.3 is 0 Å². The van der Waals surface area contributed by atoms with E-state index in [0.29, 0.717) is 5.92 Å². The molecule has 0 aliphatic heterocycles. The van der Waals surface area contributed by atoms with Crippen molar-refractivity contribution in [2.45, 2.75) is 59.3 Å². The molecule has 0 aromatic heterocycles. The van der Waals surface area contributed by atoms with Gasteiger partial charge in [-0.05, 0) is 52.2 Å². The van der Waals surface area contributed by atoms with E-state index in [1.165, 1.54) is 34.2 Å². The van der Waals surface area contributed by atoms with Gasteiger partial charge in [0.25, 0.3) is 0 Å². The summed E-state index contributed by atoms with van der Waals surface area (Å²) in [6.07, 6.45) is 3.49. The largest absolute Gasteiger partial charge is 0.0651 e. The second kappa shape index (κ2) is 6.59. The van der Waals surface area contributed by atoms with Crippen LogP contribution in [0, 0.1) is 5.92 Å². The zero-order valence-electron chi connectivity index (χ0n) is 15.8. The Morgan fingerprint density at radius 1 is 0.875 bits per heavy atom. The van der Waals surface area contributed by atoms with Crippen LogP contribution in [0.5, 0.6) is 0 Å². The van der Waals surface area contributed by atoms with Gasteiger partial charge in [-0.25, -0.2) is 0 Å². The zero-order chi connectivity index (χ0) is 17.3. The molecule has 0 saturated heterocycles. The highest BCUT2D eigenvalue weighted by Crippen LogP contribution is 2.53. The van der Waals surface area contributed by atoms with Crippen molar-refractivity contribution < 1.29 is 0 Å². The maximum absolute atomic E-state index is 2.44. The Kier molecular flexibility index (Phi) is 4.67. The summed E-state index contributed by atoms with van der Waals surface area (Å²) in [5.41, 5.74) is 9.19. The van der Waals surface area contributed by atoms with Gasteiger partial charge in [0, 0.05) is 5.41 Å². The molecule has 126 valence electrons. The van der Waals surface area contributed by atoms with Crippen LogP contribution >= 0.6 is 0 Å². The van der Waals surface area contributed by atoms with Gasteiger partial charge in [-0.1, -0.05) is 89.6 Å². The fraction of sp³-hybridized carbons (Fsp3) is 0.417. The van der Waals surface area contributed by atoms with E-state index in [9.17, 15) is 0 Å². The molecule has 24 heavy (non-hydrogen) atoms. The fourth-order valence-corrected chi connectivity index (χ4v) is 4.60. The topological polar surface area (TPSA) is 0 Å². The smallest absolute Gasteiger partial charge is 0.0149 e. The molecule has 0 radical (unpaired) electrons. The van der Waals surface area contributed by atoms with E-state index in [2.05, 4.69) is 83.1 Å². The number of aryl methyl sites for hydroxylation is 1. The van der Waals surface area contributed by atoms with Gasteiger partial charge in [0.15, 0.2) is 0 Å². The van der Waals surface area contributed by atoms with Gasteiger partial charge in [0.1, 0.15) is 0 Å². The summed E-state index contributed by atoms with van der Waals surface area (Å²) < 4.78 is 0. The Morgan fingerprint density at radius 3 is 2.12 bits per heavy atom. The third-order valence-electron chi connectivity index (χ3n) is 5.75. The van der Waals surface area contributed by atoms with Gasteiger partial charge in [-0.2, -0.15) is 0 Å². The highest BCUT2D eigenvalue weighted by molar-refractivity contribution is 5.91. The van der Waals surface area contributed by atoms with Crippen LogP contribution in [0.25, 0.3) is 5.57 Å². The molecule has 2 aromatic carbocycles. The van der Waals surface area contributed by atoms with Crippen molar-refractivity contribution in [2.24, 2.45) is 5.92 Å². The van der Waals surface area contributed by atoms with Crippen LogP contribution in [0.15, 0.2) is 54.1 Å². The van der Waals surface area contributed by atoms with E-state index in [0.717, 1.165) is 12.8 Å². The molecule has 0 fully saturated rings. The van der Waals surface area contributed by atoms with Gasteiger partial charge in [0.2, 0.25) is 0 Å². The third kappa shape index (κ3) is 2.53. The molecule has 0 heterocycles. The van der Waals surface area contributed by atoms with E-state index in [1.54, 1.807) is 5.57 Å². The lowest BCUT2D eigenvalue weighted by atomic mass is 9.72. The standard InChI is InChI=1S/C24H30/c1-6-12-18-13-8-9-14-19(18)22-20-15-10-11-16-21(20)24(5,7-2)23(22)17(3)4/h8-11,13-17H,6-7,12H2,1-5H3. The summed E-state index contributed by atoms with van der Waals surface area (Å²) in [5.74, 6) is 0.548. The van der Waals surface area contributed by atoms with E-state index in [-0.39, 0.29) is 5.41 Å². The summed E-state index contributed by atoms with van der Waals surface area (Å²) in [6.45, 7) is 11.8. The fourth-order valence-electron chi connectivity index (χ4n) is 4.60. The van der Waals surface area contributed by atoms with Crippen LogP contribution in [0.2, 0.25) is 0 Å². The molecule has 0 nitrogen and oxygen atoms in total. The SMILES string of the molecule is CCCc1ccccc1C1=C(C(C)C)C(C)(CC)c2ccccc21. The normalized spacial score (nSPS) is 19.9. The zero-order valence-corrected chi connectivity index (χ0v) is 15.8. The minimum atomic E-state index is 0.152. The monoisotopic (exact) mass is 318 g/mol. The van der Waals surface area contributed by atoms with E-state index >= 15 is 0 Å². The Hall–Kier alpha value is -1.82. The lowest BCUT2D eigenvalue weighted by Crippen LogP contribution is -2.24. The number of allylic oxidation sites excluding steroid dienone is 1. The van der Waals surface area contributed by atoms with Crippen LogP contribution in [-0.2, 0) is 11.8 Å².